The van der Waals surface area contributed by atoms with Gasteiger partial charge in [-0.2, -0.15) is 0 Å². The Morgan fingerprint density at radius 1 is 1.33 bits per heavy atom. The molecule has 0 amide bonds. The average molecular weight is 222 g/mol. The maximum absolute atomic E-state index is 11.6. The molecule has 2 rings (SSSR count). The van der Waals surface area contributed by atoms with E-state index >= 15 is 0 Å². The van der Waals surface area contributed by atoms with E-state index in [-0.39, 0.29) is 5.25 Å². The Hall–Kier alpha value is -0.900. The number of Topliss-reactive ketones (excluding diaryl/α,β-unsaturated/α-hetero) is 1. The minimum atomic E-state index is 0.0847. The fraction of sp³-hybridized carbons (Fsp3) is 0.545. The summed E-state index contributed by atoms with van der Waals surface area (Å²) in [4.78, 5) is 20.0. The lowest BCUT2D eigenvalue weighted by atomic mass is 9.99. The second-order valence-corrected chi connectivity index (χ2v) is 5.03. The Morgan fingerprint density at radius 2 is 2.07 bits per heavy atom. The molecule has 0 bridgehead atoms. The van der Waals surface area contributed by atoms with Gasteiger partial charge in [0.1, 0.15) is 5.78 Å². The summed E-state index contributed by atoms with van der Waals surface area (Å²) in [6.45, 7) is 1.96. The van der Waals surface area contributed by atoms with Gasteiger partial charge in [-0.15, -0.1) is 0 Å². The number of carbonyl (C=O) groups is 1. The van der Waals surface area contributed by atoms with E-state index in [1.54, 1.807) is 12.4 Å². The van der Waals surface area contributed by atoms with Crippen LogP contribution in [0.25, 0.3) is 0 Å². The molecule has 1 unspecified atom stereocenters. The number of rotatable bonds is 2. The molecule has 0 aliphatic heterocycles. The molecule has 0 spiro atoms. The Balaban J connectivity index is 2.01. The quantitative estimate of drug-likeness (QED) is 0.721. The van der Waals surface area contributed by atoms with E-state index in [0.29, 0.717) is 5.78 Å². The highest BCUT2D eigenvalue weighted by atomic mass is 32.2. The van der Waals surface area contributed by atoms with Crippen molar-refractivity contribution < 1.29 is 4.79 Å². The molecule has 1 aliphatic rings. The average Bonchev–Trinajstić information content (AvgIpc) is 2.25. The normalized spacial score (nSPS) is 21.7. The number of hydrogen-bond donors (Lipinski definition) is 0. The Morgan fingerprint density at radius 3 is 2.73 bits per heavy atom. The molecule has 1 atom stereocenters. The lowest BCUT2D eigenvalue weighted by Gasteiger charge is -2.18. The van der Waals surface area contributed by atoms with E-state index in [9.17, 15) is 4.79 Å². The van der Waals surface area contributed by atoms with E-state index < -0.39 is 0 Å². The first-order valence-electron chi connectivity index (χ1n) is 5.24. The van der Waals surface area contributed by atoms with E-state index in [1.165, 1.54) is 11.8 Å². The van der Waals surface area contributed by atoms with Crippen molar-refractivity contribution in [2.24, 2.45) is 0 Å². The third-order valence-electron chi connectivity index (χ3n) is 2.50. The van der Waals surface area contributed by atoms with Crippen molar-refractivity contribution in [3.05, 3.63) is 18.0 Å². The van der Waals surface area contributed by atoms with Crippen molar-refractivity contribution >= 4 is 17.5 Å². The number of carbonyl (C=O) groups excluding carboxylic acids is 1. The molecule has 1 saturated carbocycles. The zero-order valence-electron chi connectivity index (χ0n) is 8.77. The van der Waals surface area contributed by atoms with Crippen molar-refractivity contribution in [3.8, 4) is 0 Å². The van der Waals surface area contributed by atoms with Gasteiger partial charge < -0.3 is 0 Å². The van der Waals surface area contributed by atoms with Gasteiger partial charge in [-0.25, -0.2) is 9.97 Å². The molecule has 1 fully saturated rings. The van der Waals surface area contributed by atoms with E-state index in [1.807, 2.05) is 6.92 Å². The summed E-state index contributed by atoms with van der Waals surface area (Å²) in [6, 6.07) is 0. The van der Waals surface area contributed by atoms with Crippen LogP contribution in [0.4, 0.5) is 0 Å². The zero-order chi connectivity index (χ0) is 10.7. The highest BCUT2D eigenvalue weighted by molar-refractivity contribution is 8.00. The van der Waals surface area contributed by atoms with Crippen molar-refractivity contribution in [2.45, 2.75) is 43.0 Å². The van der Waals surface area contributed by atoms with Gasteiger partial charge in [0, 0.05) is 18.8 Å². The summed E-state index contributed by atoms with van der Waals surface area (Å²) in [5.74, 6) is 0.357. The molecule has 1 aromatic rings. The van der Waals surface area contributed by atoms with Crippen molar-refractivity contribution in [1.29, 1.82) is 0 Å². The molecule has 0 saturated heterocycles. The van der Waals surface area contributed by atoms with E-state index in [2.05, 4.69) is 9.97 Å². The zero-order valence-corrected chi connectivity index (χ0v) is 9.59. The van der Waals surface area contributed by atoms with Crippen LogP contribution in [-0.4, -0.2) is 21.0 Å². The van der Waals surface area contributed by atoms with Crippen LogP contribution in [0.3, 0.4) is 0 Å². The summed E-state index contributed by atoms with van der Waals surface area (Å²) in [6.07, 6.45) is 7.48. The maximum Gasteiger partial charge on any atom is 0.188 e. The molecule has 1 aliphatic carbocycles. The Labute approximate surface area is 93.7 Å². The number of aromatic nitrogens is 2. The molecular formula is C11H14N2OS. The van der Waals surface area contributed by atoms with Crippen LogP contribution in [-0.2, 0) is 4.79 Å². The standard InChI is InChI=1S/C11H14N2OS/c1-8-6-12-11(13-7-8)15-10-5-3-2-4-9(10)14/h6-7,10H,2-5H2,1H3. The van der Waals surface area contributed by atoms with Crippen LogP contribution in [0, 0.1) is 6.92 Å². The minimum Gasteiger partial charge on any atom is -0.298 e. The van der Waals surface area contributed by atoms with Crippen LogP contribution in [0.15, 0.2) is 17.6 Å². The second kappa shape index (κ2) is 4.75. The van der Waals surface area contributed by atoms with E-state index in [0.717, 1.165) is 36.4 Å². The minimum absolute atomic E-state index is 0.0847. The molecular weight excluding hydrogens is 208 g/mol. The van der Waals surface area contributed by atoms with Crippen molar-refractivity contribution in [3.63, 3.8) is 0 Å². The molecule has 4 heteroatoms. The predicted octanol–water partition coefficient (Wildman–Crippen LogP) is 2.39. The molecule has 0 radical (unpaired) electrons. The lowest BCUT2D eigenvalue weighted by molar-refractivity contribution is -0.119. The van der Waals surface area contributed by atoms with Gasteiger partial charge in [-0.1, -0.05) is 18.2 Å². The first-order chi connectivity index (χ1) is 7.25. The van der Waals surface area contributed by atoms with Gasteiger partial charge in [-0.05, 0) is 25.3 Å². The van der Waals surface area contributed by atoms with Gasteiger partial charge in [0.25, 0.3) is 0 Å². The van der Waals surface area contributed by atoms with E-state index in [4.69, 9.17) is 0 Å². The van der Waals surface area contributed by atoms with Gasteiger partial charge in [0.05, 0.1) is 5.25 Å². The van der Waals surface area contributed by atoms with Crippen LogP contribution >= 0.6 is 11.8 Å². The van der Waals surface area contributed by atoms with Gasteiger partial charge in [-0.3, -0.25) is 4.79 Å². The van der Waals surface area contributed by atoms with Gasteiger partial charge in [0.2, 0.25) is 0 Å². The molecule has 0 aromatic carbocycles. The SMILES string of the molecule is Cc1cnc(SC2CCCCC2=O)nc1. The van der Waals surface area contributed by atoms with Crippen molar-refractivity contribution in [2.75, 3.05) is 0 Å². The number of thioether (sulfide) groups is 1. The summed E-state index contributed by atoms with van der Waals surface area (Å²) >= 11 is 1.51. The molecule has 0 N–H and O–H groups in total. The molecule has 3 nitrogen and oxygen atoms in total. The lowest BCUT2D eigenvalue weighted by Crippen LogP contribution is -2.21. The second-order valence-electron chi connectivity index (χ2n) is 3.86. The van der Waals surface area contributed by atoms with Crippen molar-refractivity contribution in [1.82, 2.24) is 9.97 Å². The fourth-order valence-corrected chi connectivity index (χ4v) is 2.66. The molecule has 80 valence electrons. The number of aryl methyl sites for hydroxylation is 1. The molecule has 1 heterocycles. The predicted molar refractivity (Wildman–Crippen MR) is 59.9 cm³/mol. The number of ketones is 1. The fourth-order valence-electron chi connectivity index (χ4n) is 1.64. The highest BCUT2D eigenvalue weighted by Gasteiger charge is 2.23. The number of nitrogens with zero attached hydrogens (tertiary/aromatic N) is 2. The summed E-state index contributed by atoms with van der Waals surface area (Å²) in [7, 11) is 0. The maximum atomic E-state index is 11.6. The van der Waals surface area contributed by atoms with Crippen LogP contribution < -0.4 is 0 Å². The van der Waals surface area contributed by atoms with Crippen LogP contribution in [0.5, 0.6) is 0 Å². The first kappa shape index (κ1) is 10.6. The summed E-state index contributed by atoms with van der Waals surface area (Å²) in [5.41, 5.74) is 1.05. The van der Waals surface area contributed by atoms with Gasteiger partial charge >= 0.3 is 0 Å². The van der Waals surface area contributed by atoms with Crippen LogP contribution in [0.1, 0.15) is 31.2 Å². The molecule has 1 aromatic heterocycles. The summed E-state index contributed by atoms with van der Waals surface area (Å²) in [5, 5.41) is 0.808. The first-order valence-corrected chi connectivity index (χ1v) is 6.12. The molecule has 15 heavy (non-hydrogen) atoms. The Bertz CT molecular complexity index is 350. The highest BCUT2D eigenvalue weighted by Crippen LogP contribution is 2.29. The summed E-state index contributed by atoms with van der Waals surface area (Å²) < 4.78 is 0. The third-order valence-corrected chi connectivity index (χ3v) is 3.71. The van der Waals surface area contributed by atoms with Gasteiger partial charge in [0.15, 0.2) is 5.16 Å². The monoisotopic (exact) mass is 222 g/mol. The Kier molecular flexibility index (Phi) is 3.36. The topological polar surface area (TPSA) is 42.9 Å². The largest absolute Gasteiger partial charge is 0.298 e. The smallest absolute Gasteiger partial charge is 0.188 e. The third kappa shape index (κ3) is 2.78. The number of hydrogen-bond acceptors (Lipinski definition) is 4. The van der Waals surface area contributed by atoms with Crippen LogP contribution in [0.2, 0.25) is 0 Å².